The van der Waals surface area contributed by atoms with E-state index < -0.39 is 12.1 Å². The molecule has 1 aliphatic rings. The number of carboxylic acids is 1. The molecule has 3 heterocycles. The molecule has 0 spiro atoms. The smallest absolute Gasteiger partial charge is 0.475 e. The Labute approximate surface area is 181 Å². The molecular formula is C19H23ClF3N5O3. The summed E-state index contributed by atoms with van der Waals surface area (Å²) in [6.45, 7) is 3.89. The van der Waals surface area contributed by atoms with Crippen molar-refractivity contribution >= 4 is 23.4 Å². The number of halogens is 4. The summed E-state index contributed by atoms with van der Waals surface area (Å²) in [6, 6.07) is 5.30. The molecule has 3 rings (SSSR count). The van der Waals surface area contributed by atoms with Crippen molar-refractivity contribution in [1.82, 2.24) is 20.2 Å². The van der Waals surface area contributed by atoms with Gasteiger partial charge in [-0.3, -0.25) is 4.79 Å². The summed E-state index contributed by atoms with van der Waals surface area (Å²) in [5.74, 6) is -0.776. The van der Waals surface area contributed by atoms with Crippen molar-refractivity contribution < 1.29 is 23.1 Å². The lowest BCUT2D eigenvalue weighted by Gasteiger charge is -2.32. The molecule has 12 heteroatoms. The number of alkyl halides is 3. The lowest BCUT2D eigenvalue weighted by molar-refractivity contribution is -0.192. The van der Waals surface area contributed by atoms with Crippen molar-refractivity contribution in [1.29, 1.82) is 0 Å². The Morgan fingerprint density at radius 2 is 1.94 bits per heavy atom. The van der Waals surface area contributed by atoms with E-state index in [9.17, 15) is 18.0 Å². The monoisotopic (exact) mass is 461 g/mol. The first-order valence-electron chi connectivity index (χ1n) is 9.74. The molecule has 0 atom stereocenters. The van der Waals surface area contributed by atoms with E-state index in [0.717, 1.165) is 62.5 Å². The zero-order chi connectivity index (χ0) is 23.0. The second-order valence-corrected chi connectivity index (χ2v) is 7.39. The molecule has 0 amide bonds. The third-order valence-electron chi connectivity index (χ3n) is 4.68. The summed E-state index contributed by atoms with van der Waals surface area (Å²) >= 11 is 5.79. The summed E-state index contributed by atoms with van der Waals surface area (Å²) in [5.41, 5.74) is 0.879. The predicted molar refractivity (Wildman–Crippen MR) is 108 cm³/mol. The quantitative estimate of drug-likeness (QED) is 0.699. The maximum Gasteiger partial charge on any atom is 0.490 e. The Balaban J connectivity index is 0.000000423. The van der Waals surface area contributed by atoms with Gasteiger partial charge in [-0.05, 0) is 31.4 Å². The number of aryl methyl sites for hydroxylation is 1. The molecular weight excluding hydrogens is 439 g/mol. The molecule has 0 unspecified atom stereocenters. The molecule has 0 aromatic carbocycles. The topological polar surface area (TPSA) is 112 Å². The van der Waals surface area contributed by atoms with E-state index in [2.05, 4.69) is 32.0 Å². The minimum absolute atomic E-state index is 0.0444. The number of nitrogens with zero attached hydrogens (tertiary/aromatic N) is 4. The van der Waals surface area contributed by atoms with Crippen LogP contribution in [0, 0.1) is 0 Å². The normalized spacial score (nSPS) is 14.7. The minimum Gasteiger partial charge on any atom is -0.475 e. The van der Waals surface area contributed by atoms with Crippen LogP contribution in [0.25, 0.3) is 0 Å². The van der Waals surface area contributed by atoms with Crippen molar-refractivity contribution in [3.8, 4) is 0 Å². The third-order valence-corrected chi connectivity index (χ3v) is 4.88. The molecule has 1 saturated heterocycles. The van der Waals surface area contributed by atoms with Crippen LogP contribution >= 0.6 is 11.6 Å². The van der Waals surface area contributed by atoms with E-state index in [1.165, 1.54) is 0 Å². The van der Waals surface area contributed by atoms with E-state index in [-0.39, 0.29) is 5.56 Å². The maximum absolute atomic E-state index is 11.9. The number of aliphatic carboxylic acids is 1. The number of hydrogen-bond donors (Lipinski definition) is 2. The van der Waals surface area contributed by atoms with Gasteiger partial charge in [0.25, 0.3) is 5.56 Å². The summed E-state index contributed by atoms with van der Waals surface area (Å²) in [7, 11) is 0. The number of nitrogens with one attached hydrogen (secondary N) is 1. The number of H-pyrrole nitrogens is 1. The highest BCUT2D eigenvalue weighted by atomic mass is 35.5. The summed E-state index contributed by atoms with van der Waals surface area (Å²) < 4.78 is 31.7. The average Bonchev–Trinajstić information content (AvgIpc) is 2.72. The van der Waals surface area contributed by atoms with E-state index >= 15 is 0 Å². The standard InChI is InChI=1S/C17H22ClN5O.C2HF3O2/c1-2-3-4-15-19-13(11-17(24)20-15)12-7-9-23(10-8-12)16-6-5-14(18)21-22-16;3-2(4,5)1(6)7/h5-6,11-12H,2-4,7-10H2,1H3,(H,19,20,24);(H,6,7). The van der Waals surface area contributed by atoms with Gasteiger partial charge in [0.15, 0.2) is 11.0 Å². The third kappa shape index (κ3) is 7.82. The van der Waals surface area contributed by atoms with E-state index in [1.54, 1.807) is 12.1 Å². The highest BCUT2D eigenvalue weighted by Gasteiger charge is 2.38. The highest BCUT2D eigenvalue weighted by Crippen LogP contribution is 2.28. The molecule has 170 valence electrons. The first-order chi connectivity index (χ1) is 14.6. The molecule has 1 fully saturated rings. The van der Waals surface area contributed by atoms with Gasteiger partial charge in [-0.15, -0.1) is 10.2 Å². The van der Waals surface area contributed by atoms with Crippen LogP contribution in [0.4, 0.5) is 19.0 Å². The molecule has 0 aliphatic carbocycles. The molecule has 31 heavy (non-hydrogen) atoms. The molecule has 8 nitrogen and oxygen atoms in total. The van der Waals surface area contributed by atoms with Crippen LogP contribution in [0.15, 0.2) is 23.0 Å². The van der Waals surface area contributed by atoms with Crippen LogP contribution < -0.4 is 10.5 Å². The first kappa shape index (κ1) is 24.6. The van der Waals surface area contributed by atoms with Gasteiger partial charge in [-0.2, -0.15) is 13.2 Å². The van der Waals surface area contributed by atoms with Crippen LogP contribution in [0.5, 0.6) is 0 Å². The molecule has 0 saturated carbocycles. The van der Waals surface area contributed by atoms with Gasteiger partial charge in [0.1, 0.15) is 5.82 Å². The number of rotatable bonds is 5. The summed E-state index contributed by atoms with van der Waals surface area (Å²) in [4.78, 5) is 30.5. The van der Waals surface area contributed by atoms with Gasteiger partial charge in [0, 0.05) is 31.5 Å². The van der Waals surface area contributed by atoms with Gasteiger partial charge >= 0.3 is 12.1 Å². The highest BCUT2D eigenvalue weighted by molar-refractivity contribution is 6.29. The van der Waals surface area contributed by atoms with Crippen molar-refractivity contribution in [2.24, 2.45) is 0 Å². The Kier molecular flexibility index (Phi) is 8.78. The number of unbranched alkanes of at least 4 members (excludes halogenated alkanes) is 1. The number of aromatic amines is 1. The second kappa shape index (κ2) is 11.1. The van der Waals surface area contributed by atoms with Crippen LogP contribution in [-0.2, 0) is 11.2 Å². The number of piperidine rings is 1. The Morgan fingerprint density at radius 3 is 2.45 bits per heavy atom. The van der Waals surface area contributed by atoms with Crippen molar-refractivity contribution in [3.63, 3.8) is 0 Å². The fourth-order valence-corrected chi connectivity index (χ4v) is 3.18. The molecule has 2 N–H and O–H groups in total. The minimum atomic E-state index is -5.08. The van der Waals surface area contributed by atoms with E-state index in [1.807, 2.05) is 6.07 Å². The van der Waals surface area contributed by atoms with E-state index in [4.69, 9.17) is 21.5 Å². The number of anilines is 1. The summed E-state index contributed by atoms with van der Waals surface area (Å²) in [5, 5.41) is 15.6. The van der Waals surface area contributed by atoms with Crippen molar-refractivity contribution in [2.75, 3.05) is 18.0 Å². The molecule has 1 aliphatic heterocycles. The Morgan fingerprint density at radius 1 is 1.29 bits per heavy atom. The van der Waals surface area contributed by atoms with Gasteiger partial charge in [-0.25, -0.2) is 9.78 Å². The molecule has 2 aromatic rings. The van der Waals surface area contributed by atoms with Gasteiger partial charge < -0.3 is 15.0 Å². The van der Waals surface area contributed by atoms with Crippen LogP contribution in [-0.4, -0.2) is 50.5 Å². The zero-order valence-corrected chi connectivity index (χ0v) is 17.6. The van der Waals surface area contributed by atoms with Gasteiger partial charge in [0.05, 0.1) is 5.69 Å². The van der Waals surface area contributed by atoms with Crippen LogP contribution in [0.2, 0.25) is 5.15 Å². The zero-order valence-electron chi connectivity index (χ0n) is 16.8. The first-order valence-corrected chi connectivity index (χ1v) is 10.1. The fourth-order valence-electron chi connectivity index (χ4n) is 3.08. The number of hydrogen-bond acceptors (Lipinski definition) is 6. The van der Waals surface area contributed by atoms with Crippen LogP contribution in [0.1, 0.15) is 50.0 Å². The lowest BCUT2D eigenvalue weighted by atomic mass is 9.93. The molecule has 0 radical (unpaired) electrons. The molecule has 2 aromatic heterocycles. The van der Waals surface area contributed by atoms with Crippen LogP contribution in [0.3, 0.4) is 0 Å². The lowest BCUT2D eigenvalue weighted by Crippen LogP contribution is -2.34. The second-order valence-electron chi connectivity index (χ2n) is 7.00. The van der Waals surface area contributed by atoms with Gasteiger partial charge in [0.2, 0.25) is 0 Å². The van der Waals surface area contributed by atoms with E-state index in [0.29, 0.717) is 11.1 Å². The Hall–Kier alpha value is -2.69. The van der Waals surface area contributed by atoms with Gasteiger partial charge in [-0.1, -0.05) is 24.9 Å². The SMILES string of the molecule is CCCCc1nc(C2CCN(c3ccc(Cl)nn3)CC2)cc(=O)[nH]1.O=C(O)C(F)(F)F. The maximum atomic E-state index is 11.9. The number of carboxylic acid groups (broad SMARTS) is 1. The predicted octanol–water partition coefficient (Wildman–Crippen LogP) is 3.57. The van der Waals surface area contributed by atoms with Crippen molar-refractivity contribution in [3.05, 3.63) is 45.2 Å². The molecule has 0 bridgehead atoms. The van der Waals surface area contributed by atoms with Crippen molar-refractivity contribution in [2.45, 2.75) is 51.1 Å². The largest absolute Gasteiger partial charge is 0.490 e. The number of carbonyl (C=O) groups is 1. The Bertz CT molecular complexity index is 913. The fraction of sp³-hybridized carbons (Fsp3) is 0.526. The average molecular weight is 462 g/mol. The summed E-state index contributed by atoms with van der Waals surface area (Å²) in [6.07, 6.45) is -0.213. The number of aromatic nitrogens is 4.